The van der Waals surface area contributed by atoms with Crippen molar-refractivity contribution in [1.29, 1.82) is 0 Å². The molecule has 11 nitrogen and oxygen atoms in total. The Balaban J connectivity index is 0.00000306. The second kappa shape index (κ2) is 8.38. The van der Waals surface area contributed by atoms with E-state index in [2.05, 4.69) is 20.7 Å². The van der Waals surface area contributed by atoms with Crippen molar-refractivity contribution in [3.8, 4) is 0 Å². The van der Waals surface area contributed by atoms with Gasteiger partial charge in [-0.1, -0.05) is 0 Å². The molecule has 0 fully saturated rings. The number of hydrogen-bond donors (Lipinski definition) is 3. The van der Waals surface area contributed by atoms with Gasteiger partial charge in [0.15, 0.2) is 5.82 Å². The largest absolute Gasteiger partial charge is 0.395 e. The molecule has 32 heavy (non-hydrogen) atoms. The van der Waals surface area contributed by atoms with Crippen molar-refractivity contribution in [2.45, 2.75) is 33.0 Å². The molecule has 12 heteroatoms. The van der Waals surface area contributed by atoms with E-state index in [1.165, 1.54) is 16.7 Å². The Morgan fingerprint density at radius 1 is 1.31 bits per heavy atom. The number of aliphatic hydroxyl groups excluding tert-OH is 1. The number of rotatable bonds is 7. The van der Waals surface area contributed by atoms with Crippen LogP contribution in [0.1, 0.15) is 31.3 Å². The molecule has 170 valence electrons. The van der Waals surface area contributed by atoms with Crippen molar-refractivity contribution in [1.82, 2.24) is 24.1 Å². The average molecular weight is 445 g/mol. The number of nitrogens with one attached hydrogen (secondary N) is 2. The Hall–Kier alpha value is -3.80. The van der Waals surface area contributed by atoms with Gasteiger partial charge in [0, 0.05) is 20.1 Å². The molecule has 0 aliphatic carbocycles. The highest BCUT2D eigenvalue weighted by Crippen LogP contribution is 2.25. The molecule has 2 amide bonds. The first kappa shape index (κ1) is 21.4. The lowest BCUT2D eigenvalue weighted by Gasteiger charge is -2.20. The molecule has 1 aliphatic heterocycles. The molecule has 4 rings (SSSR count). The maximum Gasteiger partial charge on any atom is 0.280 e. The van der Waals surface area contributed by atoms with Gasteiger partial charge in [-0.15, -0.1) is 5.10 Å². The van der Waals surface area contributed by atoms with Crippen LogP contribution in [0.2, 0.25) is 0 Å². The fraction of sp³-hybridized carbons (Fsp3) is 0.350. The van der Waals surface area contributed by atoms with Crippen LogP contribution in [0, 0.1) is 5.82 Å². The molecule has 0 saturated heterocycles. The second-order valence-electron chi connectivity index (χ2n) is 7.61. The van der Waals surface area contributed by atoms with Crippen LogP contribution in [0.25, 0.3) is 5.65 Å². The summed E-state index contributed by atoms with van der Waals surface area (Å²) < 4.78 is 15.7. The third kappa shape index (κ3) is 3.80. The zero-order valence-corrected chi connectivity index (χ0v) is 17.5. The predicted octanol–water partition coefficient (Wildman–Crippen LogP) is 0.683. The molecule has 0 saturated carbocycles. The molecule has 0 spiro atoms. The van der Waals surface area contributed by atoms with Crippen LogP contribution in [0.3, 0.4) is 0 Å². The highest BCUT2D eigenvalue weighted by molar-refractivity contribution is 5.98. The molecular weight excluding hydrogens is 421 g/mol. The summed E-state index contributed by atoms with van der Waals surface area (Å²) in [4.78, 5) is 44.3. The van der Waals surface area contributed by atoms with Gasteiger partial charge in [-0.2, -0.15) is 4.52 Å². The molecule has 3 aromatic rings. The zero-order valence-electron chi connectivity index (χ0n) is 17.5. The van der Waals surface area contributed by atoms with Crippen LogP contribution in [0.5, 0.6) is 0 Å². The van der Waals surface area contributed by atoms with Gasteiger partial charge in [-0.25, -0.2) is 9.37 Å². The smallest absolute Gasteiger partial charge is 0.280 e. The molecule has 0 radical (unpaired) electrons. The summed E-state index contributed by atoms with van der Waals surface area (Å²) in [5, 5.41) is 18.7. The second-order valence-corrected chi connectivity index (χ2v) is 7.61. The highest BCUT2D eigenvalue weighted by Gasteiger charge is 2.36. The summed E-state index contributed by atoms with van der Waals surface area (Å²) >= 11 is 0. The number of pyridine rings is 1. The van der Waals surface area contributed by atoms with Gasteiger partial charge in [0.25, 0.3) is 11.5 Å². The minimum Gasteiger partial charge on any atom is -0.395 e. The van der Waals surface area contributed by atoms with Crippen molar-refractivity contribution < 1.29 is 20.5 Å². The number of halogens is 1. The summed E-state index contributed by atoms with van der Waals surface area (Å²) in [6.45, 7) is 3.58. The monoisotopic (exact) mass is 445 g/mol. The SMILES string of the molecule is CC(C)N1Cc2c(n(CC(=O)Nc3ccc(F)cn3)c3cc(NCCO)nn3c2=O)C1=O.[HH]. The zero-order chi connectivity index (χ0) is 23.0. The Kier molecular flexibility index (Phi) is 5.61. The van der Waals surface area contributed by atoms with Crippen LogP contribution in [0.4, 0.5) is 16.0 Å². The van der Waals surface area contributed by atoms with Crippen LogP contribution in [0.15, 0.2) is 29.2 Å². The molecule has 3 N–H and O–H groups in total. The molecule has 0 bridgehead atoms. The lowest BCUT2D eigenvalue weighted by Crippen LogP contribution is -2.32. The molecule has 0 atom stereocenters. The van der Waals surface area contributed by atoms with E-state index in [1.807, 2.05) is 13.8 Å². The number of fused-ring (bicyclic) bond motifs is 2. The van der Waals surface area contributed by atoms with Crippen LogP contribution >= 0.6 is 0 Å². The van der Waals surface area contributed by atoms with E-state index in [-0.39, 0.29) is 62.3 Å². The summed E-state index contributed by atoms with van der Waals surface area (Å²) in [6.07, 6.45) is 0.977. The van der Waals surface area contributed by atoms with Gasteiger partial charge >= 0.3 is 0 Å². The summed E-state index contributed by atoms with van der Waals surface area (Å²) in [5.41, 5.74) is 0.184. The van der Waals surface area contributed by atoms with Crippen LogP contribution in [-0.4, -0.2) is 60.2 Å². The first-order valence-corrected chi connectivity index (χ1v) is 10.0. The lowest BCUT2D eigenvalue weighted by atomic mass is 10.2. The van der Waals surface area contributed by atoms with Gasteiger partial charge in [0.2, 0.25) is 5.91 Å². The molecule has 1 aliphatic rings. The topological polar surface area (TPSA) is 134 Å². The third-order valence-electron chi connectivity index (χ3n) is 5.10. The summed E-state index contributed by atoms with van der Waals surface area (Å²) in [6, 6.07) is 3.87. The number of aromatic nitrogens is 4. The van der Waals surface area contributed by atoms with Crippen LogP contribution in [-0.2, 0) is 17.9 Å². The third-order valence-corrected chi connectivity index (χ3v) is 5.10. The first-order valence-electron chi connectivity index (χ1n) is 10.0. The average Bonchev–Trinajstić information content (AvgIpc) is 3.33. The Labute approximate surface area is 183 Å². The number of hydrogen-bond acceptors (Lipinski definition) is 7. The van der Waals surface area contributed by atoms with E-state index in [1.54, 1.807) is 4.90 Å². The quantitative estimate of drug-likeness (QED) is 0.487. The van der Waals surface area contributed by atoms with Gasteiger partial charge in [-0.3, -0.25) is 14.4 Å². The number of carbonyl (C=O) groups excluding carboxylic acids is 2. The number of anilines is 2. The number of aliphatic hydroxyl groups is 1. The van der Waals surface area contributed by atoms with Crippen molar-refractivity contribution in [3.05, 3.63) is 51.8 Å². The summed E-state index contributed by atoms with van der Waals surface area (Å²) in [7, 11) is 0. The standard InChI is InChI=1S/C20H22FN7O4.H2/c1-11(2)26-9-13-18(20(26)32)27(10-16(30)24-14-4-3-12(21)8-23-14)17-7-15(22-5-6-29)25-28(17)19(13)31;/h3-4,7-8,11,29H,5-6,9-10H2,1-2H3,(H,22,25)(H,23,24,30);1H. The van der Waals surface area contributed by atoms with E-state index in [0.29, 0.717) is 5.82 Å². The lowest BCUT2D eigenvalue weighted by molar-refractivity contribution is -0.116. The fourth-order valence-electron chi connectivity index (χ4n) is 3.61. The highest BCUT2D eigenvalue weighted by atomic mass is 19.1. The fourth-order valence-corrected chi connectivity index (χ4v) is 3.61. The van der Waals surface area contributed by atoms with Gasteiger partial charge < -0.3 is 25.2 Å². The predicted molar refractivity (Wildman–Crippen MR) is 115 cm³/mol. The molecule has 0 unspecified atom stereocenters. The van der Waals surface area contributed by atoms with Gasteiger partial charge in [0.1, 0.15) is 29.5 Å². The Morgan fingerprint density at radius 2 is 2.09 bits per heavy atom. The van der Waals surface area contributed by atoms with Crippen molar-refractivity contribution in [2.75, 3.05) is 23.8 Å². The summed E-state index contributed by atoms with van der Waals surface area (Å²) in [5.74, 6) is -0.932. The maximum absolute atomic E-state index is 13.1. The van der Waals surface area contributed by atoms with E-state index >= 15 is 0 Å². The van der Waals surface area contributed by atoms with Gasteiger partial charge in [-0.05, 0) is 26.0 Å². The van der Waals surface area contributed by atoms with Crippen molar-refractivity contribution in [3.63, 3.8) is 0 Å². The Bertz CT molecular complexity index is 1260. The van der Waals surface area contributed by atoms with Crippen molar-refractivity contribution in [2.24, 2.45) is 0 Å². The normalized spacial score (nSPS) is 13.2. The minimum absolute atomic E-state index is 0. The molecule has 4 heterocycles. The Morgan fingerprint density at radius 3 is 2.75 bits per heavy atom. The minimum atomic E-state index is -0.538. The van der Waals surface area contributed by atoms with E-state index in [4.69, 9.17) is 5.11 Å². The van der Waals surface area contributed by atoms with Crippen LogP contribution < -0.4 is 16.2 Å². The maximum atomic E-state index is 13.1. The first-order chi connectivity index (χ1) is 15.3. The molecular formula is C20H24FN7O4. The molecule has 3 aromatic heterocycles. The van der Waals surface area contributed by atoms with E-state index < -0.39 is 17.3 Å². The number of nitrogens with zero attached hydrogens (tertiary/aromatic N) is 5. The van der Waals surface area contributed by atoms with E-state index in [9.17, 15) is 18.8 Å². The van der Waals surface area contributed by atoms with E-state index in [0.717, 1.165) is 16.8 Å². The number of amides is 2. The van der Waals surface area contributed by atoms with Gasteiger partial charge in [0.05, 0.1) is 24.9 Å². The molecule has 0 aromatic carbocycles. The number of carbonyl (C=O) groups is 2. The van der Waals surface area contributed by atoms with Crippen molar-refractivity contribution >= 4 is 29.1 Å².